The van der Waals surface area contributed by atoms with Crippen molar-refractivity contribution in [2.75, 3.05) is 13.2 Å². The number of ether oxygens (including phenoxy) is 1. The van der Waals surface area contributed by atoms with E-state index < -0.39 is 18.1 Å². The zero-order valence-corrected chi connectivity index (χ0v) is 11.6. The van der Waals surface area contributed by atoms with Crippen molar-refractivity contribution in [2.24, 2.45) is 5.73 Å². The molecule has 0 radical (unpaired) electrons. The van der Waals surface area contributed by atoms with E-state index in [1.165, 1.54) is 0 Å². The molecule has 0 saturated carbocycles. The molecule has 118 valence electrons. The predicted molar refractivity (Wildman–Crippen MR) is 66.5 cm³/mol. The van der Waals surface area contributed by atoms with Crippen LogP contribution in [0.25, 0.3) is 0 Å². The second-order valence-electron chi connectivity index (χ2n) is 5.11. The molecule has 1 saturated heterocycles. The quantitative estimate of drug-likeness (QED) is 0.909. The summed E-state index contributed by atoms with van der Waals surface area (Å²) >= 11 is 0. The van der Waals surface area contributed by atoms with Crippen LogP contribution in [-0.4, -0.2) is 40.3 Å². The molecule has 0 bridgehead atoms. The number of carbonyl (C=O) groups is 1. The highest BCUT2D eigenvalue weighted by atomic mass is 19.4. The van der Waals surface area contributed by atoms with E-state index in [2.05, 4.69) is 10.3 Å². The van der Waals surface area contributed by atoms with Gasteiger partial charge in [-0.05, 0) is 19.8 Å². The van der Waals surface area contributed by atoms with E-state index in [0.29, 0.717) is 31.7 Å². The van der Waals surface area contributed by atoms with Crippen molar-refractivity contribution < 1.29 is 22.7 Å². The van der Waals surface area contributed by atoms with E-state index in [9.17, 15) is 18.0 Å². The van der Waals surface area contributed by atoms with Gasteiger partial charge < -0.3 is 10.5 Å². The molecule has 2 rings (SSSR count). The molecule has 1 aromatic rings. The van der Waals surface area contributed by atoms with E-state index in [-0.39, 0.29) is 18.0 Å². The minimum absolute atomic E-state index is 0.159. The van der Waals surface area contributed by atoms with Crippen LogP contribution in [0, 0.1) is 0 Å². The van der Waals surface area contributed by atoms with E-state index >= 15 is 0 Å². The molecule has 1 amide bonds. The van der Waals surface area contributed by atoms with Gasteiger partial charge in [-0.25, -0.2) is 4.68 Å². The summed E-state index contributed by atoms with van der Waals surface area (Å²) in [6.07, 6.45) is -3.50. The lowest BCUT2D eigenvalue weighted by Crippen LogP contribution is -2.29. The van der Waals surface area contributed by atoms with E-state index in [1.807, 2.05) is 0 Å². The Hall–Kier alpha value is -1.64. The summed E-state index contributed by atoms with van der Waals surface area (Å²) in [4.78, 5) is 11.1. The third-order valence-corrected chi connectivity index (χ3v) is 3.59. The fourth-order valence-electron chi connectivity index (χ4n) is 2.44. The number of nitrogens with zero attached hydrogens (tertiary/aromatic N) is 3. The van der Waals surface area contributed by atoms with Crippen molar-refractivity contribution >= 4 is 5.91 Å². The second kappa shape index (κ2) is 6.00. The Balaban J connectivity index is 2.40. The highest BCUT2D eigenvalue weighted by Gasteiger charge is 2.41. The largest absolute Gasteiger partial charge is 0.410 e. The van der Waals surface area contributed by atoms with E-state index in [1.54, 1.807) is 0 Å². The molecule has 1 fully saturated rings. The Morgan fingerprint density at radius 3 is 2.62 bits per heavy atom. The summed E-state index contributed by atoms with van der Waals surface area (Å²) < 4.78 is 44.9. The van der Waals surface area contributed by atoms with E-state index in [0.717, 1.165) is 11.6 Å². The Kier molecular flexibility index (Phi) is 4.50. The highest BCUT2D eigenvalue weighted by molar-refractivity contribution is 5.76. The average Bonchev–Trinajstić information content (AvgIpc) is 2.80. The van der Waals surface area contributed by atoms with Gasteiger partial charge in [0.1, 0.15) is 6.04 Å². The molecule has 0 aliphatic carbocycles. The van der Waals surface area contributed by atoms with Crippen LogP contribution in [-0.2, 0) is 16.0 Å². The van der Waals surface area contributed by atoms with Gasteiger partial charge in [-0.15, -0.1) is 5.10 Å². The molecule has 1 atom stereocenters. The van der Waals surface area contributed by atoms with Crippen LogP contribution < -0.4 is 5.73 Å². The van der Waals surface area contributed by atoms with Crippen LogP contribution >= 0.6 is 0 Å². The van der Waals surface area contributed by atoms with E-state index in [4.69, 9.17) is 10.5 Å². The fraction of sp³-hybridized carbons (Fsp3) is 0.750. The van der Waals surface area contributed by atoms with Gasteiger partial charge in [0.05, 0.1) is 17.8 Å². The lowest BCUT2D eigenvalue weighted by molar-refractivity contribution is -0.166. The maximum atomic E-state index is 12.9. The maximum Gasteiger partial charge on any atom is 0.410 e. The van der Waals surface area contributed by atoms with Crippen LogP contribution in [0.5, 0.6) is 0 Å². The molecule has 1 aromatic heterocycles. The number of hydrogen-bond acceptors (Lipinski definition) is 4. The number of alkyl halides is 3. The number of halogens is 3. The number of amides is 1. The van der Waals surface area contributed by atoms with Gasteiger partial charge in [0.25, 0.3) is 0 Å². The van der Waals surface area contributed by atoms with Crippen molar-refractivity contribution in [1.29, 1.82) is 0 Å². The number of primary amides is 1. The summed E-state index contributed by atoms with van der Waals surface area (Å²) in [6, 6.07) is -1.80. The molecule has 1 aliphatic rings. The lowest BCUT2D eigenvalue weighted by Gasteiger charge is -2.26. The molecule has 1 aliphatic heterocycles. The Labute approximate surface area is 119 Å². The molecular weight excluding hydrogens is 289 g/mol. The molecule has 0 spiro atoms. The smallest absolute Gasteiger partial charge is 0.381 e. The van der Waals surface area contributed by atoms with Gasteiger partial charge in [0.15, 0.2) is 0 Å². The average molecular weight is 306 g/mol. The topological polar surface area (TPSA) is 83.0 Å². The Bertz CT molecular complexity index is 509. The highest BCUT2D eigenvalue weighted by Crippen LogP contribution is 2.35. The van der Waals surface area contributed by atoms with Crippen molar-refractivity contribution in [2.45, 2.75) is 44.3 Å². The van der Waals surface area contributed by atoms with Gasteiger partial charge >= 0.3 is 6.18 Å². The number of rotatable bonds is 4. The molecular formula is C12H17F3N4O2. The minimum atomic E-state index is -4.43. The van der Waals surface area contributed by atoms with Crippen molar-refractivity contribution in [3.63, 3.8) is 0 Å². The number of aromatic nitrogens is 3. The first-order valence-corrected chi connectivity index (χ1v) is 6.67. The second-order valence-corrected chi connectivity index (χ2v) is 5.11. The summed E-state index contributed by atoms with van der Waals surface area (Å²) in [5.74, 6) is -0.803. The van der Waals surface area contributed by atoms with Gasteiger partial charge in [-0.1, -0.05) is 5.21 Å². The zero-order chi connectivity index (χ0) is 15.6. The summed E-state index contributed by atoms with van der Waals surface area (Å²) in [6.45, 7) is 1.95. The first-order valence-electron chi connectivity index (χ1n) is 6.67. The van der Waals surface area contributed by atoms with Crippen LogP contribution in [0.15, 0.2) is 0 Å². The third-order valence-electron chi connectivity index (χ3n) is 3.59. The molecule has 0 aromatic carbocycles. The maximum absolute atomic E-state index is 12.9. The molecule has 1 unspecified atom stereocenters. The molecule has 2 N–H and O–H groups in total. The Morgan fingerprint density at radius 1 is 1.48 bits per heavy atom. The van der Waals surface area contributed by atoms with Crippen molar-refractivity contribution in [3.8, 4) is 0 Å². The first kappa shape index (κ1) is 15.7. The van der Waals surface area contributed by atoms with Gasteiger partial charge in [-0.2, -0.15) is 13.2 Å². The number of carbonyl (C=O) groups excluding carboxylic acids is 1. The van der Waals surface area contributed by atoms with Crippen molar-refractivity contribution in [3.05, 3.63) is 11.4 Å². The molecule has 9 heteroatoms. The predicted octanol–water partition coefficient (Wildman–Crippen LogP) is 1.32. The normalized spacial score (nSPS) is 18.7. The summed E-state index contributed by atoms with van der Waals surface area (Å²) in [5, 5.41) is 7.35. The fourth-order valence-corrected chi connectivity index (χ4v) is 2.44. The van der Waals surface area contributed by atoms with Crippen LogP contribution in [0.1, 0.15) is 43.1 Å². The number of nitrogens with two attached hydrogens (primary N) is 1. The monoisotopic (exact) mass is 306 g/mol. The molecule has 2 heterocycles. The van der Waals surface area contributed by atoms with Crippen LogP contribution in [0.2, 0.25) is 0 Å². The van der Waals surface area contributed by atoms with Crippen molar-refractivity contribution in [1.82, 2.24) is 15.0 Å². The standard InChI is InChI=1S/C12H17F3N4O2/c1-7(12(13,14)15)19-11(8-2-4-21-5-3-8)9(17-18-19)6-10(16)20/h7-8H,2-6H2,1H3,(H2,16,20). The number of hydrogen-bond donors (Lipinski definition) is 1. The van der Waals surface area contributed by atoms with Crippen LogP contribution in [0.4, 0.5) is 13.2 Å². The lowest BCUT2D eigenvalue weighted by atomic mass is 9.93. The third kappa shape index (κ3) is 3.52. The van der Waals surface area contributed by atoms with Gasteiger partial charge in [0, 0.05) is 19.1 Å². The molecule has 6 nitrogen and oxygen atoms in total. The van der Waals surface area contributed by atoms with Gasteiger partial charge in [0.2, 0.25) is 5.91 Å². The SMILES string of the molecule is CC(n1nnc(CC(N)=O)c1C1CCOCC1)C(F)(F)F. The minimum Gasteiger partial charge on any atom is -0.381 e. The zero-order valence-electron chi connectivity index (χ0n) is 11.6. The summed E-state index contributed by atoms with van der Waals surface area (Å²) in [5.41, 5.74) is 5.71. The van der Waals surface area contributed by atoms with Crippen LogP contribution in [0.3, 0.4) is 0 Å². The van der Waals surface area contributed by atoms with Gasteiger partial charge in [-0.3, -0.25) is 4.79 Å². The first-order chi connectivity index (χ1) is 9.80. The summed E-state index contributed by atoms with van der Waals surface area (Å²) in [7, 11) is 0. The molecule has 21 heavy (non-hydrogen) atoms. The Morgan fingerprint density at radius 2 is 2.10 bits per heavy atom.